The average molecular weight is 290 g/mol. The van der Waals surface area contributed by atoms with Crippen LogP contribution in [0.15, 0.2) is 24.3 Å². The van der Waals surface area contributed by atoms with Crippen molar-refractivity contribution in [3.63, 3.8) is 0 Å². The van der Waals surface area contributed by atoms with Crippen molar-refractivity contribution in [1.82, 2.24) is 4.90 Å². The molecule has 0 radical (unpaired) electrons. The van der Waals surface area contributed by atoms with Crippen LogP contribution in [0.4, 0.5) is 0 Å². The Kier molecular flexibility index (Phi) is 6.07. The summed E-state index contributed by atoms with van der Waals surface area (Å²) in [4.78, 5) is 2.57. The van der Waals surface area contributed by atoms with E-state index in [4.69, 9.17) is 10.5 Å². The first-order valence-corrected chi connectivity index (χ1v) is 8.34. The van der Waals surface area contributed by atoms with Crippen LogP contribution in [-0.2, 0) is 0 Å². The van der Waals surface area contributed by atoms with Gasteiger partial charge < -0.3 is 10.5 Å². The van der Waals surface area contributed by atoms with Gasteiger partial charge in [-0.1, -0.05) is 38.5 Å². The normalized spacial score (nSPS) is 24.0. The maximum Gasteiger partial charge on any atom is 0.124 e. The molecule has 0 amide bonds. The predicted octanol–water partition coefficient (Wildman–Crippen LogP) is 3.60. The molecule has 1 aliphatic rings. The van der Waals surface area contributed by atoms with Crippen molar-refractivity contribution >= 4 is 0 Å². The van der Waals surface area contributed by atoms with Crippen molar-refractivity contribution < 1.29 is 4.74 Å². The lowest BCUT2D eigenvalue weighted by Crippen LogP contribution is -2.41. The third-order valence-electron chi connectivity index (χ3n) is 4.17. The highest BCUT2D eigenvalue weighted by Crippen LogP contribution is 2.35. The number of rotatable bonds is 5. The number of nitrogens with zero attached hydrogens (tertiary/aromatic N) is 1. The third kappa shape index (κ3) is 4.21. The Bertz CT molecular complexity index is 433. The van der Waals surface area contributed by atoms with Gasteiger partial charge in [-0.2, -0.15) is 0 Å². The molecular weight excluding hydrogens is 260 g/mol. The van der Waals surface area contributed by atoms with E-state index in [1.807, 2.05) is 13.0 Å². The zero-order chi connectivity index (χ0) is 15.2. The molecule has 0 aliphatic carbocycles. The number of likely N-dealkylation sites (tertiary alicyclic amines) is 1. The minimum atomic E-state index is 0.188. The molecule has 0 aromatic heterocycles. The minimum Gasteiger partial charge on any atom is -0.494 e. The topological polar surface area (TPSA) is 38.5 Å². The Morgan fingerprint density at radius 2 is 2.05 bits per heavy atom. The second-order valence-electron chi connectivity index (χ2n) is 6.46. The Labute approximate surface area is 129 Å². The number of ether oxygens (including phenoxy) is 1. The molecule has 0 bridgehead atoms. The smallest absolute Gasteiger partial charge is 0.124 e. The molecule has 1 fully saturated rings. The molecule has 2 unspecified atom stereocenters. The summed E-state index contributed by atoms with van der Waals surface area (Å²) in [5.74, 6) is 1.65. The van der Waals surface area contributed by atoms with Gasteiger partial charge in [0.2, 0.25) is 0 Å². The summed E-state index contributed by atoms with van der Waals surface area (Å²) < 4.78 is 5.85. The molecule has 0 spiro atoms. The summed E-state index contributed by atoms with van der Waals surface area (Å²) in [6.45, 7) is 9.53. The maximum atomic E-state index is 6.54. The van der Waals surface area contributed by atoms with E-state index >= 15 is 0 Å². The molecular formula is C18H30N2O. The number of nitrogens with two attached hydrogens (primary N) is 1. The second-order valence-corrected chi connectivity index (χ2v) is 6.46. The van der Waals surface area contributed by atoms with Gasteiger partial charge in [0.05, 0.1) is 12.6 Å². The number of hydrogen-bond donors (Lipinski definition) is 1. The highest BCUT2D eigenvalue weighted by molar-refractivity contribution is 5.37. The summed E-state index contributed by atoms with van der Waals surface area (Å²) in [5.41, 5.74) is 7.80. The van der Waals surface area contributed by atoms with E-state index < -0.39 is 0 Å². The van der Waals surface area contributed by atoms with Crippen molar-refractivity contribution in [2.75, 3.05) is 19.7 Å². The molecule has 1 saturated heterocycles. The molecule has 3 heteroatoms. The summed E-state index contributed by atoms with van der Waals surface area (Å²) in [7, 11) is 0. The van der Waals surface area contributed by atoms with Crippen LogP contribution in [0.5, 0.6) is 5.75 Å². The quantitative estimate of drug-likeness (QED) is 0.900. The maximum absolute atomic E-state index is 6.54. The first-order valence-electron chi connectivity index (χ1n) is 8.34. The fraction of sp³-hybridized carbons (Fsp3) is 0.667. The first kappa shape index (κ1) is 16.3. The van der Waals surface area contributed by atoms with Crippen molar-refractivity contribution in [1.29, 1.82) is 0 Å². The minimum absolute atomic E-state index is 0.188. The molecule has 0 saturated carbocycles. The zero-order valence-corrected chi connectivity index (χ0v) is 13.7. The van der Waals surface area contributed by atoms with Gasteiger partial charge in [-0.05, 0) is 38.3 Å². The van der Waals surface area contributed by atoms with Crippen LogP contribution in [-0.4, -0.2) is 30.6 Å². The van der Waals surface area contributed by atoms with Crippen LogP contribution in [0.1, 0.15) is 51.6 Å². The van der Waals surface area contributed by atoms with Gasteiger partial charge in [-0.15, -0.1) is 0 Å². The standard InChI is InChI=1S/C18H30N2O/c1-4-21-17-11-6-5-9-15(17)18-16(19)10-7-8-12-20(18)13-14(2)3/h5-6,9,11,14,16,18H,4,7-8,10,12-13,19H2,1-3H3. The molecule has 1 heterocycles. The van der Waals surface area contributed by atoms with Gasteiger partial charge in [0.1, 0.15) is 5.75 Å². The third-order valence-corrected chi connectivity index (χ3v) is 4.17. The second kappa shape index (κ2) is 7.81. The van der Waals surface area contributed by atoms with Gasteiger partial charge in [-0.3, -0.25) is 4.90 Å². The fourth-order valence-corrected chi connectivity index (χ4v) is 3.38. The highest BCUT2D eigenvalue weighted by atomic mass is 16.5. The Morgan fingerprint density at radius 1 is 1.29 bits per heavy atom. The van der Waals surface area contributed by atoms with Crippen LogP contribution in [0.3, 0.4) is 0 Å². The van der Waals surface area contributed by atoms with E-state index in [2.05, 4.69) is 36.9 Å². The summed E-state index contributed by atoms with van der Waals surface area (Å²) >= 11 is 0. The fourth-order valence-electron chi connectivity index (χ4n) is 3.38. The van der Waals surface area contributed by atoms with E-state index in [0.29, 0.717) is 12.5 Å². The molecule has 2 rings (SSSR count). The molecule has 1 aliphatic heterocycles. The van der Waals surface area contributed by atoms with Gasteiger partial charge in [-0.25, -0.2) is 0 Å². The lowest BCUT2D eigenvalue weighted by atomic mass is 9.95. The summed E-state index contributed by atoms with van der Waals surface area (Å²) in [6.07, 6.45) is 3.57. The van der Waals surface area contributed by atoms with Crippen LogP contribution < -0.4 is 10.5 Å². The van der Waals surface area contributed by atoms with E-state index in [-0.39, 0.29) is 12.1 Å². The van der Waals surface area contributed by atoms with E-state index in [1.165, 1.54) is 18.4 Å². The summed E-state index contributed by atoms with van der Waals surface area (Å²) in [5, 5.41) is 0. The van der Waals surface area contributed by atoms with Crippen LogP contribution in [0.25, 0.3) is 0 Å². The van der Waals surface area contributed by atoms with Crippen molar-refractivity contribution in [3.8, 4) is 5.75 Å². The number of benzene rings is 1. The van der Waals surface area contributed by atoms with E-state index in [9.17, 15) is 0 Å². The van der Waals surface area contributed by atoms with Gasteiger partial charge >= 0.3 is 0 Å². The van der Waals surface area contributed by atoms with Crippen molar-refractivity contribution in [3.05, 3.63) is 29.8 Å². The average Bonchev–Trinajstić information content (AvgIpc) is 2.61. The monoisotopic (exact) mass is 290 g/mol. The predicted molar refractivity (Wildman–Crippen MR) is 88.6 cm³/mol. The Hall–Kier alpha value is -1.06. The lowest BCUT2D eigenvalue weighted by molar-refractivity contribution is 0.161. The van der Waals surface area contributed by atoms with E-state index in [1.54, 1.807) is 0 Å². The van der Waals surface area contributed by atoms with Gasteiger partial charge in [0, 0.05) is 18.2 Å². The van der Waals surface area contributed by atoms with Crippen LogP contribution in [0.2, 0.25) is 0 Å². The largest absolute Gasteiger partial charge is 0.494 e. The Morgan fingerprint density at radius 3 is 2.76 bits per heavy atom. The molecule has 3 nitrogen and oxygen atoms in total. The summed E-state index contributed by atoms with van der Waals surface area (Å²) in [6, 6.07) is 8.87. The highest BCUT2D eigenvalue weighted by Gasteiger charge is 2.31. The molecule has 21 heavy (non-hydrogen) atoms. The lowest BCUT2D eigenvalue weighted by Gasteiger charge is -2.35. The van der Waals surface area contributed by atoms with Crippen LogP contribution >= 0.6 is 0 Å². The first-order chi connectivity index (χ1) is 10.1. The molecule has 1 aromatic rings. The number of para-hydroxylation sites is 1. The van der Waals surface area contributed by atoms with Crippen molar-refractivity contribution in [2.24, 2.45) is 11.7 Å². The zero-order valence-electron chi connectivity index (χ0n) is 13.7. The van der Waals surface area contributed by atoms with E-state index in [0.717, 1.165) is 25.3 Å². The van der Waals surface area contributed by atoms with Gasteiger partial charge in [0.25, 0.3) is 0 Å². The molecule has 2 atom stereocenters. The van der Waals surface area contributed by atoms with Gasteiger partial charge in [0.15, 0.2) is 0 Å². The SMILES string of the molecule is CCOc1ccccc1C1C(N)CCCCN1CC(C)C. The molecule has 118 valence electrons. The molecule has 2 N–H and O–H groups in total. The Balaban J connectivity index is 2.34. The van der Waals surface area contributed by atoms with Crippen molar-refractivity contribution in [2.45, 2.75) is 52.1 Å². The van der Waals surface area contributed by atoms with Crippen LogP contribution in [0, 0.1) is 5.92 Å². The molecule has 1 aromatic carbocycles. The number of hydrogen-bond acceptors (Lipinski definition) is 3.